The lowest BCUT2D eigenvalue weighted by Crippen LogP contribution is -2.51. The molecule has 0 radical (unpaired) electrons. The van der Waals surface area contributed by atoms with E-state index >= 15 is 0 Å². The van der Waals surface area contributed by atoms with E-state index in [4.69, 9.17) is 10.2 Å². The van der Waals surface area contributed by atoms with Crippen LogP contribution in [-0.2, 0) is 0 Å². The van der Waals surface area contributed by atoms with Crippen LogP contribution in [0.4, 0.5) is 0 Å². The highest BCUT2D eigenvalue weighted by Gasteiger charge is 2.32. The number of hydrogen-bond acceptors (Lipinski definition) is 3. The number of benzene rings is 1. The quantitative estimate of drug-likeness (QED) is 0.927. The fourth-order valence-corrected chi connectivity index (χ4v) is 3.16. The Morgan fingerprint density at radius 3 is 2.95 bits per heavy atom. The van der Waals surface area contributed by atoms with E-state index in [0.29, 0.717) is 18.0 Å². The van der Waals surface area contributed by atoms with Gasteiger partial charge >= 0.3 is 0 Å². The van der Waals surface area contributed by atoms with Crippen LogP contribution in [0.5, 0.6) is 0 Å². The molecular weight excluding hydrogens is 288 g/mol. The first-order valence-electron chi connectivity index (χ1n) is 7.19. The van der Waals surface area contributed by atoms with Gasteiger partial charge in [0.2, 0.25) is 0 Å². The minimum Gasteiger partial charge on any atom is -0.463 e. The Balaban J connectivity index is 0.00000161. The van der Waals surface area contributed by atoms with Gasteiger partial charge in [0.15, 0.2) is 0 Å². The summed E-state index contributed by atoms with van der Waals surface area (Å²) in [5, 5.41) is 0.881. The average molecular weight is 309 g/mol. The molecule has 0 aliphatic carbocycles. The maximum atomic E-state index is 12.8. The van der Waals surface area contributed by atoms with Crippen molar-refractivity contribution in [2.75, 3.05) is 13.1 Å². The third kappa shape index (κ3) is 2.78. The molecule has 2 heterocycles. The molecule has 3 rings (SSSR count). The zero-order valence-electron chi connectivity index (χ0n) is 12.1. The lowest BCUT2D eigenvalue weighted by atomic mass is 9.90. The molecule has 2 aromatic rings. The third-order valence-corrected chi connectivity index (χ3v) is 4.33. The number of fused-ring (bicyclic) bond motifs is 1. The van der Waals surface area contributed by atoms with Gasteiger partial charge in [0.05, 0.1) is 5.56 Å². The molecule has 5 heteroatoms. The van der Waals surface area contributed by atoms with Crippen molar-refractivity contribution in [2.45, 2.75) is 25.8 Å². The Kier molecular flexibility index (Phi) is 4.91. The Morgan fingerprint density at radius 2 is 2.19 bits per heavy atom. The molecule has 2 atom stereocenters. The number of halogens is 1. The van der Waals surface area contributed by atoms with E-state index in [1.807, 2.05) is 29.2 Å². The first-order chi connectivity index (χ1) is 9.72. The smallest absolute Gasteiger partial charge is 0.258 e. The number of nitrogens with zero attached hydrogens (tertiary/aromatic N) is 1. The SMILES string of the molecule is CC1CCCN(C(=O)c2coc3ccccc23)C1CN.Cl. The summed E-state index contributed by atoms with van der Waals surface area (Å²) in [6.45, 7) is 3.47. The van der Waals surface area contributed by atoms with Crippen LogP contribution in [0.15, 0.2) is 34.9 Å². The van der Waals surface area contributed by atoms with Gasteiger partial charge in [-0.1, -0.05) is 25.1 Å². The molecule has 0 spiro atoms. The predicted octanol–water partition coefficient (Wildman–Crippen LogP) is 3.05. The fourth-order valence-electron chi connectivity index (χ4n) is 3.16. The molecule has 1 amide bonds. The van der Waals surface area contributed by atoms with Crippen molar-refractivity contribution in [1.82, 2.24) is 4.90 Å². The van der Waals surface area contributed by atoms with Crippen molar-refractivity contribution < 1.29 is 9.21 Å². The van der Waals surface area contributed by atoms with Gasteiger partial charge < -0.3 is 15.1 Å². The molecule has 1 fully saturated rings. The highest BCUT2D eigenvalue weighted by molar-refractivity contribution is 6.06. The van der Waals surface area contributed by atoms with Gasteiger partial charge in [-0.2, -0.15) is 0 Å². The zero-order chi connectivity index (χ0) is 14.1. The van der Waals surface area contributed by atoms with Crippen LogP contribution in [0.3, 0.4) is 0 Å². The molecule has 114 valence electrons. The van der Waals surface area contributed by atoms with E-state index in [1.54, 1.807) is 6.26 Å². The Labute approximate surface area is 130 Å². The van der Waals surface area contributed by atoms with Crippen LogP contribution in [0.25, 0.3) is 11.0 Å². The highest BCUT2D eigenvalue weighted by atomic mass is 35.5. The Hall–Kier alpha value is -1.52. The van der Waals surface area contributed by atoms with Crippen molar-refractivity contribution in [3.8, 4) is 0 Å². The standard InChI is InChI=1S/C16H20N2O2.ClH/c1-11-5-4-8-18(14(11)9-17)16(19)13-10-20-15-7-3-2-6-12(13)15;/h2-3,6-7,10-11,14H,4-5,8-9,17H2,1H3;1H. The number of hydrogen-bond donors (Lipinski definition) is 1. The summed E-state index contributed by atoms with van der Waals surface area (Å²) < 4.78 is 5.48. The third-order valence-electron chi connectivity index (χ3n) is 4.33. The Bertz CT molecular complexity index is 626. The van der Waals surface area contributed by atoms with Crippen molar-refractivity contribution in [3.05, 3.63) is 36.1 Å². The minimum absolute atomic E-state index is 0. The van der Waals surface area contributed by atoms with Gasteiger partial charge in [0.25, 0.3) is 5.91 Å². The van der Waals surface area contributed by atoms with Crippen molar-refractivity contribution >= 4 is 29.3 Å². The maximum absolute atomic E-state index is 12.8. The van der Waals surface area contributed by atoms with E-state index in [0.717, 1.165) is 30.4 Å². The van der Waals surface area contributed by atoms with Crippen LogP contribution in [-0.4, -0.2) is 29.9 Å². The number of carbonyl (C=O) groups excluding carboxylic acids is 1. The number of rotatable bonds is 2. The summed E-state index contributed by atoms with van der Waals surface area (Å²) in [4.78, 5) is 14.7. The minimum atomic E-state index is 0. The lowest BCUT2D eigenvalue weighted by molar-refractivity contribution is 0.0533. The summed E-state index contributed by atoms with van der Waals surface area (Å²) in [5.41, 5.74) is 7.27. The maximum Gasteiger partial charge on any atom is 0.258 e. The topological polar surface area (TPSA) is 59.5 Å². The molecule has 1 aromatic heterocycles. The summed E-state index contributed by atoms with van der Waals surface area (Å²) in [6, 6.07) is 7.77. The molecule has 1 aliphatic rings. The van der Waals surface area contributed by atoms with E-state index in [2.05, 4.69) is 6.92 Å². The zero-order valence-corrected chi connectivity index (χ0v) is 12.9. The van der Waals surface area contributed by atoms with Gasteiger partial charge in [0.1, 0.15) is 11.8 Å². The van der Waals surface area contributed by atoms with Crippen molar-refractivity contribution in [3.63, 3.8) is 0 Å². The molecule has 1 saturated heterocycles. The molecular formula is C16H21ClN2O2. The monoisotopic (exact) mass is 308 g/mol. The van der Waals surface area contributed by atoms with Gasteiger partial charge in [-0.3, -0.25) is 4.79 Å². The number of piperidine rings is 1. The van der Waals surface area contributed by atoms with E-state index < -0.39 is 0 Å². The Morgan fingerprint density at radius 1 is 1.43 bits per heavy atom. The number of nitrogens with two attached hydrogens (primary N) is 1. The van der Waals surface area contributed by atoms with Crippen LogP contribution < -0.4 is 5.73 Å². The van der Waals surface area contributed by atoms with E-state index in [1.165, 1.54) is 0 Å². The average Bonchev–Trinajstić information content (AvgIpc) is 2.90. The van der Waals surface area contributed by atoms with E-state index in [-0.39, 0.29) is 24.4 Å². The normalized spacial score (nSPS) is 22.1. The van der Waals surface area contributed by atoms with Crippen molar-refractivity contribution in [1.29, 1.82) is 0 Å². The molecule has 0 bridgehead atoms. The van der Waals surface area contributed by atoms with Crippen LogP contribution in [0, 0.1) is 5.92 Å². The van der Waals surface area contributed by atoms with Crippen LogP contribution >= 0.6 is 12.4 Å². The largest absolute Gasteiger partial charge is 0.463 e. The molecule has 4 nitrogen and oxygen atoms in total. The predicted molar refractivity (Wildman–Crippen MR) is 85.7 cm³/mol. The highest BCUT2D eigenvalue weighted by Crippen LogP contribution is 2.27. The summed E-state index contributed by atoms with van der Waals surface area (Å²) in [7, 11) is 0. The first kappa shape index (κ1) is 15.9. The number of para-hydroxylation sites is 1. The fraction of sp³-hybridized carbons (Fsp3) is 0.438. The summed E-state index contributed by atoms with van der Waals surface area (Å²) in [6.07, 6.45) is 3.75. The molecule has 2 N–H and O–H groups in total. The summed E-state index contributed by atoms with van der Waals surface area (Å²) >= 11 is 0. The van der Waals surface area contributed by atoms with Gasteiger partial charge in [-0.25, -0.2) is 0 Å². The number of carbonyl (C=O) groups is 1. The van der Waals surface area contributed by atoms with E-state index in [9.17, 15) is 4.79 Å². The number of likely N-dealkylation sites (tertiary alicyclic amines) is 1. The molecule has 21 heavy (non-hydrogen) atoms. The lowest BCUT2D eigenvalue weighted by Gasteiger charge is -2.39. The first-order valence-corrected chi connectivity index (χ1v) is 7.19. The summed E-state index contributed by atoms with van der Waals surface area (Å²) in [5.74, 6) is 0.493. The van der Waals surface area contributed by atoms with Gasteiger partial charge in [0, 0.05) is 24.5 Å². The second-order valence-electron chi connectivity index (χ2n) is 5.57. The van der Waals surface area contributed by atoms with Crippen LogP contribution in [0.2, 0.25) is 0 Å². The second kappa shape index (κ2) is 6.50. The van der Waals surface area contributed by atoms with Gasteiger partial charge in [-0.05, 0) is 24.8 Å². The molecule has 1 aromatic carbocycles. The molecule has 1 aliphatic heterocycles. The number of furan rings is 1. The second-order valence-corrected chi connectivity index (χ2v) is 5.57. The number of amides is 1. The molecule has 0 saturated carbocycles. The van der Waals surface area contributed by atoms with Crippen molar-refractivity contribution in [2.24, 2.45) is 11.7 Å². The van der Waals surface area contributed by atoms with Crippen LogP contribution in [0.1, 0.15) is 30.1 Å². The van der Waals surface area contributed by atoms with Gasteiger partial charge in [-0.15, -0.1) is 12.4 Å². The molecule has 2 unspecified atom stereocenters.